The number of aromatic nitrogens is 3. The van der Waals surface area contributed by atoms with E-state index in [2.05, 4.69) is 16.4 Å². The van der Waals surface area contributed by atoms with E-state index in [9.17, 15) is 9.18 Å². The molecule has 2 heterocycles. The summed E-state index contributed by atoms with van der Waals surface area (Å²) >= 11 is 0. The molecule has 2 atom stereocenters. The summed E-state index contributed by atoms with van der Waals surface area (Å²) < 4.78 is 15.0. The van der Waals surface area contributed by atoms with Crippen molar-refractivity contribution in [3.63, 3.8) is 0 Å². The first-order valence-electron chi connectivity index (χ1n) is 9.78. The zero-order chi connectivity index (χ0) is 21.1. The fourth-order valence-electron chi connectivity index (χ4n) is 3.67. The van der Waals surface area contributed by atoms with Crippen molar-refractivity contribution < 1.29 is 9.18 Å². The topological polar surface area (TPSA) is 101 Å². The molecule has 2 N–H and O–H groups in total. The van der Waals surface area contributed by atoms with Crippen molar-refractivity contribution in [1.29, 1.82) is 5.26 Å². The Morgan fingerprint density at radius 3 is 2.83 bits per heavy atom. The number of rotatable bonds is 5. The molecule has 1 aromatic heterocycles. The molecule has 4 rings (SSSR count). The van der Waals surface area contributed by atoms with Crippen LogP contribution in [0.25, 0.3) is 16.9 Å². The van der Waals surface area contributed by atoms with Gasteiger partial charge in [-0.15, -0.1) is 5.10 Å². The maximum Gasteiger partial charge on any atom is 0.240 e. The molecule has 1 aliphatic heterocycles. The number of likely N-dealkylation sites (tertiary alicyclic amines) is 1. The first-order chi connectivity index (χ1) is 14.5. The number of amides is 1. The number of benzene rings is 2. The van der Waals surface area contributed by atoms with E-state index >= 15 is 0 Å². The minimum Gasteiger partial charge on any atom is -0.325 e. The van der Waals surface area contributed by atoms with Gasteiger partial charge in [0.05, 0.1) is 24.0 Å². The van der Waals surface area contributed by atoms with Crippen LogP contribution in [-0.2, 0) is 11.2 Å². The Morgan fingerprint density at radius 2 is 2.10 bits per heavy atom. The predicted molar refractivity (Wildman–Crippen MR) is 109 cm³/mol. The molecule has 152 valence electrons. The van der Waals surface area contributed by atoms with E-state index in [4.69, 9.17) is 11.0 Å². The van der Waals surface area contributed by atoms with E-state index in [-0.39, 0.29) is 17.8 Å². The monoisotopic (exact) mass is 404 g/mol. The quantitative estimate of drug-likeness (QED) is 0.704. The van der Waals surface area contributed by atoms with E-state index in [1.807, 2.05) is 24.3 Å². The van der Waals surface area contributed by atoms with Crippen molar-refractivity contribution in [3.8, 4) is 23.0 Å². The van der Waals surface area contributed by atoms with Crippen LogP contribution in [-0.4, -0.2) is 44.4 Å². The second kappa shape index (κ2) is 8.43. The first kappa shape index (κ1) is 19.7. The lowest BCUT2D eigenvalue weighted by Gasteiger charge is -2.23. The minimum atomic E-state index is -0.684. The van der Waals surface area contributed by atoms with E-state index in [0.29, 0.717) is 30.6 Å². The highest BCUT2D eigenvalue weighted by Crippen LogP contribution is 2.20. The number of hydrogen-bond donors (Lipinski definition) is 1. The molecule has 0 radical (unpaired) electrons. The Morgan fingerprint density at radius 1 is 1.30 bits per heavy atom. The summed E-state index contributed by atoms with van der Waals surface area (Å²) in [5.41, 5.74) is 9.05. The predicted octanol–water partition coefficient (Wildman–Crippen LogP) is 2.46. The molecule has 3 aromatic rings. The van der Waals surface area contributed by atoms with Crippen LogP contribution in [0.2, 0.25) is 0 Å². The number of nitriles is 1. The van der Waals surface area contributed by atoms with Crippen LogP contribution < -0.4 is 5.73 Å². The van der Waals surface area contributed by atoms with Gasteiger partial charge in [-0.25, -0.2) is 9.07 Å². The fourth-order valence-corrected chi connectivity index (χ4v) is 3.67. The summed E-state index contributed by atoms with van der Waals surface area (Å²) in [5, 5.41) is 17.4. The largest absolute Gasteiger partial charge is 0.325 e. The summed E-state index contributed by atoms with van der Waals surface area (Å²) in [4.78, 5) is 14.2. The van der Waals surface area contributed by atoms with Crippen LogP contribution in [0, 0.1) is 17.1 Å². The highest BCUT2D eigenvalue weighted by atomic mass is 19.1. The molecule has 1 amide bonds. The SMILES string of the molecule is N#C[C@@H]1CCCN1C(=O)[C@@H](N)Cc1ccc(-n2cc(-c3cccc(F)c3)nn2)cc1. The van der Waals surface area contributed by atoms with Crippen molar-refractivity contribution in [1.82, 2.24) is 19.9 Å². The first-order valence-corrected chi connectivity index (χ1v) is 9.78. The number of hydrogen-bond acceptors (Lipinski definition) is 5. The maximum atomic E-state index is 13.4. The molecule has 0 aliphatic carbocycles. The summed E-state index contributed by atoms with van der Waals surface area (Å²) in [7, 11) is 0. The van der Waals surface area contributed by atoms with Gasteiger partial charge in [-0.2, -0.15) is 5.26 Å². The van der Waals surface area contributed by atoms with Gasteiger partial charge < -0.3 is 10.6 Å². The fraction of sp³-hybridized carbons (Fsp3) is 0.273. The van der Waals surface area contributed by atoms with Crippen molar-refractivity contribution in [2.45, 2.75) is 31.3 Å². The third-order valence-corrected chi connectivity index (χ3v) is 5.27. The molecule has 1 saturated heterocycles. The standard InChI is InChI=1S/C22H21FN6O/c23-17-4-1-3-16(12-17)21-14-29(27-26-21)18-8-6-15(7-9-18)11-20(25)22(30)28-10-2-5-19(28)13-24/h1,3-4,6-9,12,14,19-20H,2,5,10-11,25H2/t19-,20-/m0/s1. The Kier molecular flexibility index (Phi) is 5.55. The number of carbonyl (C=O) groups is 1. The number of nitrogens with zero attached hydrogens (tertiary/aromatic N) is 5. The van der Waals surface area contributed by atoms with Gasteiger partial charge in [0.25, 0.3) is 0 Å². The maximum absolute atomic E-state index is 13.4. The average molecular weight is 404 g/mol. The van der Waals surface area contributed by atoms with E-state index in [0.717, 1.165) is 17.7 Å². The van der Waals surface area contributed by atoms with E-state index < -0.39 is 6.04 Å². The summed E-state index contributed by atoms with van der Waals surface area (Å²) in [6, 6.07) is 14.8. The molecule has 1 fully saturated rings. The molecule has 0 unspecified atom stereocenters. The molecule has 0 spiro atoms. The second-order valence-electron chi connectivity index (χ2n) is 7.35. The van der Waals surface area contributed by atoms with Crippen LogP contribution in [0.5, 0.6) is 0 Å². The zero-order valence-corrected chi connectivity index (χ0v) is 16.3. The summed E-state index contributed by atoms with van der Waals surface area (Å²) in [6.45, 7) is 0.587. The van der Waals surface area contributed by atoms with Gasteiger partial charge in [0.2, 0.25) is 5.91 Å². The Hall–Kier alpha value is -3.57. The molecule has 1 aliphatic rings. The van der Waals surface area contributed by atoms with Gasteiger partial charge in [-0.1, -0.05) is 29.5 Å². The lowest BCUT2D eigenvalue weighted by atomic mass is 10.0. The Bertz CT molecular complexity index is 1090. The normalized spacial score (nSPS) is 17.0. The number of nitrogens with two attached hydrogens (primary N) is 1. The second-order valence-corrected chi connectivity index (χ2v) is 7.35. The third-order valence-electron chi connectivity index (χ3n) is 5.27. The zero-order valence-electron chi connectivity index (χ0n) is 16.3. The van der Waals surface area contributed by atoms with Crippen LogP contribution in [0.3, 0.4) is 0 Å². The molecular weight excluding hydrogens is 383 g/mol. The number of carbonyl (C=O) groups excluding carboxylic acids is 1. The Labute approximate surface area is 173 Å². The lowest BCUT2D eigenvalue weighted by Crippen LogP contribution is -2.46. The van der Waals surface area contributed by atoms with Gasteiger partial charge in [0, 0.05) is 12.1 Å². The van der Waals surface area contributed by atoms with Gasteiger partial charge in [-0.3, -0.25) is 4.79 Å². The molecular formula is C22H21FN6O. The van der Waals surface area contributed by atoms with Crippen molar-refractivity contribution in [2.75, 3.05) is 6.54 Å². The van der Waals surface area contributed by atoms with Crippen LogP contribution >= 0.6 is 0 Å². The molecule has 0 saturated carbocycles. The molecule has 2 aromatic carbocycles. The van der Waals surface area contributed by atoms with Crippen LogP contribution in [0.15, 0.2) is 54.7 Å². The van der Waals surface area contributed by atoms with Crippen LogP contribution in [0.4, 0.5) is 4.39 Å². The third kappa shape index (κ3) is 4.07. The van der Waals surface area contributed by atoms with Gasteiger partial charge in [0.15, 0.2) is 0 Å². The van der Waals surface area contributed by atoms with Crippen LogP contribution in [0.1, 0.15) is 18.4 Å². The van der Waals surface area contributed by atoms with Crippen molar-refractivity contribution >= 4 is 5.91 Å². The average Bonchev–Trinajstić information content (AvgIpc) is 3.43. The van der Waals surface area contributed by atoms with Crippen molar-refractivity contribution in [3.05, 3.63) is 66.1 Å². The highest BCUT2D eigenvalue weighted by molar-refractivity contribution is 5.82. The number of halogens is 1. The van der Waals surface area contributed by atoms with Gasteiger partial charge in [0.1, 0.15) is 17.6 Å². The molecule has 7 nitrogen and oxygen atoms in total. The highest BCUT2D eigenvalue weighted by Gasteiger charge is 2.31. The van der Waals surface area contributed by atoms with Gasteiger partial charge >= 0.3 is 0 Å². The Balaban J connectivity index is 1.43. The summed E-state index contributed by atoms with van der Waals surface area (Å²) in [5.74, 6) is -0.508. The van der Waals surface area contributed by atoms with E-state index in [1.165, 1.54) is 12.1 Å². The molecule has 8 heteroatoms. The lowest BCUT2D eigenvalue weighted by molar-refractivity contribution is -0.132. The summed E-state index contributed by atoms with van der Waals surface area (Å²) in [6.07, 6.45) is 3.66. The van der Waals surface area contributed by atoms with E-state index in [1.54, 1.807) is 27.9 Å². The molecule has 0 bridgehead atoms. The van der Waals surface area contributed by atoms with Gasteiger partial charge in [-0.05, 0) is 49.1 Å². The van der Waals surface area contributed by atoms with Crippen molar-refractivity contribution in [2.24, 2.45) is 5.73 Å². The molecule has 30 heavy (non-hydrogen) atoms. The smallest absolute Gasteiger partial charge is 0.240 e. The minimum absolute atomic E-state index is 0.181.